The van der Waals surface area contributed by atoms with Gasteiger partial charge in [0.2, 0.25) is 0 Å². The van der Waals surface area contributed by atoms with Crippen molar-refractivity contribution in [2.75, 3.05) is 27.4 Å². The lowest BCUT2D eigenvalue weighted by Crippen LogP contribution is -2.47. The Bertz CT molecular complexity index is 1010. The van der Waals surface area contributed by atoms with Gasteiger partial charge in [0.15, 0.2) is 11.8 Å². The third-order valence-corrected chi connectivity index (χ3v) is 5.54. The zero-order chi connectivity index (χ0) is 24.5. The summed E-state index contributed by atoms with van der Waals surface area (Å²) in [7, 11) is 2.51. The number of nitrogens with zero attached hydrogens (tertiary/aromatic N) is 1. The number of carbonyl (C=O) groups excluding carboxylic acids is 2. The predicted molar refractivity (Wildman–Crippen MR) is 119 cm³/mol. The van der Waals surface area contributed by atoms with Crippen LogP contribution < -0.4 is 5.32 Å². The normalized spacial score (nSPS) is 21.2. The lowest BCUT2D eigenvalue weighted by molar-refractivity contribution is -0.164. The lowest BCUT2D eigenvalue weighted by Gasteiger charge is -2.35. The third kappa shape index (κ3) is 4.94. The van der Waals surface area contributed by atoms with Crippen LogP contribution in [0.4, 0.5) is 4.39 Å². The molecular formula is C24H31FN2O6. The summed E-state index contributed by atoms with van der Waals surface area (Å²) in [5.74, 6) is -0.800. The van der Waals surface area contributed by atoms with Gasteiger partial charge in [-0.2, -0.15) is 0 Å². The van der Waals surface area contributed by atoms with E-state index in [1.54, 1.807) is 46.8 Å². The van der Waals surface area contributed by atoms with E-state index >= 15 is 4.39 Å². The number of hydrogen-bond acceptors (Lipinski definition) is 8. The maximum Gasteiger partial charge on any atom is 0.356 e. The Labute approximate surface area is 193 Å². The largest absolute Gasteiger partial charge is 0.495 e. The number of esters is 2. The summed E-state index contributed by atoms with van der Waals surface area (Å²) in [6.07, 6.45) is 0.637. The van der Waals surface area contributed by atoms with Gasteiger partial charge in [-0.15, -0.1) is 0 Å². The van der Waals surface area contributed by atoms with E-state index < -0.39 is 35.9 Å². The first kappa shape index (κ1) is 24.9. The minimum atomic E-state index is -1.50. The minimum Gasteiger partial charge on any atom is -0.495 e. The number of fused-ring (bicyclic) bond motifs is 1. The van der Waals surface area contributed by atoms with Crippen molar-refractivity contribution in [1.82, 2.24) is 10.3 Å². The average Bonchev–Trinajstić information content (AvgIpc) is 2.78. The van der Waals surface area contributed by atoms with Crippen molar-refractivity contribution in [2.24, 2.45) is 0 Å². The van der Waals surface area contributed by atoms with E-state index in [0.29, 0.717) is 41.3 Å². The van der Waals surface area contributed by atoms with Gasteiger partial charge in [0.25, 0.3) is 0 Å². The number of morpholine rings is 1. The fourth-order valence-electron chi connectivity index (χ4n) is 4.12. The van der Waals surface area contributed by atoms with Crippen LogP contribution >= 0.6 is 0 Å². The topological polar surface area (TPSA) is 96.0 Å². The van der Waals surface area contributed by atoms with Crippen molar-refractivity contribution in [3.8, 4) is 0 Å². The molecule has 0 amide bonds. The van der Waals surface area contributed by atoms with Crippen molar-refractivity contribution < 1.29 is 32.9 Å². The van der Waals surface area contributed by atoms with E-state index in [1.165, 1.54) is 14.2 Å². The molecule has 1 aliphatic carbocycles. The highest BCUT2D eigenvalue weighted by Gasteiger charge is 2.40. The Morgan fingerprint density at radius 1 is 1.21 bits per heavy atom. The summed E-state index contributed by atoms with van der Waals surface area (Å²) >= 11 is 0. The van der Waals surface area contributed by atoms with Crippen molar-refractivity contribution in [1.29, 1.82) is 0 Å². The molecule has 180 valence electrons. The van der Waals surface area contributed by atoms with Gasteiger partial charge in [-0.05, 0) is 57.4 Å². The Kier molecular flexibility index (Phi) is 7.23. The number of rotatable bonds is 5. The lowest BCUT2D eigenvalue weighted by atomic mass is 9.83. The molecular weight excluding hydrogens is 431 g/mol. The molecule has 3 atom stereocenters. The molecule has 3 rings (SSSR count). The quantitative estimate of drug-likeness (QED) is 0.667. The zero-order valence-corrected chi connectivity index (χ0v) is 20.1. The molecule has 2 heterocycles. The fraction of sp³-hybridized carbons (Fsp3) is 0.542. The van der Waals surface area contributed by atoms with Crippen LogP contribution in [0.1, 0.15) is 59.7 Å². The van der Waals surface area contributed by atoms with Crippen LogP contribution in [0.5, 0.6) is 0 Å². The Hall–Kier alpha value is -2.78. The molecule has 0 radical (unpaired) electrons. The number of aryl methyl sites for hydroxylation is 1. The van der Waals surface area contributed by atoms with Gasteiger partial charge >= 0.3 is 11.9 Å². The van der Waals surface area contributed by atoms with Crippen LogP contribution in [0.15, 0.2) is 17.9 Å². The standard InChI is InChI=1S/C24H31FN2O6/c1-12-16(14-8-9-15-20(18(14)25)26-10-11-32-15)17(13(2)27-19(12)22(28)30-6)21(23(29)31-7)33-24(3,4)5/h8-9,18,20-21,26H,10-11H2,1-7H3/t18-,20+,21-/m0/s1. The average molecular weight is 463 g/mol. The summed E-state index contributed by atoms with van der Waals surface area (Å²) in [5.41, 5.74) is 1.06. The molecule has 33 heavy (non-hydrogen) atoms. The second-order valence-electron chi connectivity index (χ2n) is 8.96. The molecule has 8 nitrogen and oxygen atoms in total. The molecule has 0 aromatic carbocycles. The van der Waals surface area contributed by atoms with Gasteiger partial charge in [0, 0.05) is 17.8 Å². The fourth-order valence-corrected chi connectivity index (χ4v) is 4.12. The second kappa shape index (κ2) is 9.61. The third-order valence-electron chi connectivity index (χ3n) is 5.54. The van der Waals surface area contributed by atoms with E-state index in [9.17, 15) is 9.59 Å². The maximum absolute atomic E-state index is 15.9. The second-order valence-corrected chi connectivity index (χ2v) is 8.96. The van der Waals surface area contributed by atoms with Crippen molar-refractivity contribution in [3.05, 3.63) is 46.0 Å². The van der Waals surface area contributed by atoms with Gasteiger partial charge in [0.05, 0.1) is 19.8 Å². The first-order chi connectivity index (χ1) is 15.5. The highest BCUT2D eigenvalue weighted by Crippen LogP contribution is 2.40. The van der Waals surface area contributed by atoms with Crippen LogP contribution in [0.2, 0.25) is 0 Å². The number of hydrogen-bond donors (Lipinski definition) is 1. The molecule has 1 aliphatic heterocycles. The monoisotopic (exact) mass is 462 g/mol. The van der Waals surface area contributed by atoms with Crippen molar-refractivity contribution in [3.63, 3.8) is 0 Å². The van der Waals surface area contributed by atoms with Crippen LogP contribution in [0.3, 0.4) is 0 Å². The maximum atomic E-state index is 15.9. The van der Waals surface area contributed by atoms with Crippen LogP contribution in [-0.2, 0) is 23.7 Å². The molecule has 1 aromatic rings. The molecule has 1 N–H and O–H groups in total. The van der Waals surface area contributed by atoms with Crippen LogP contribution in [0.25, 0.3) is 5.57 Å². The highest BCUT2D eigenvalue weighted by molar-refractivity contribution is 5.93. The van der Waals surface area contributed by atoms with Crippen molar-refractivity contribution >= 4 is 17.5 Å². The first-order valence-corrected chi connectivity index (χ1v) is 10.8. The number of aromatic nitrogens is 1. The molecule has 0 spiro atoms. The van der Waals surface area contributed by atoms with Crippen LogP contribution in [0, 0.1) is 13.8 Å². The summed E-state index contributed by atoms with van der Waals surface area (Å²) < 4.78 is 37.5. The Balaban J connectivity index is 2.31. The van der Waals surface area contributed by atoms with Gasteiger partial charge < -0.3 is 24.3 Å². The van der Waals surface area contributed by atoms with E-state index in [-0.39, 0.29) is 11.3 Å². The molecule has 0 saturated carbocycles. The van der Waals surface area contributed by atoms with Gasteiger partial charge in [-0.25, -0.2) is 19.0 Å². The zero-order valence-electron chi connectivity index (χ0n) is 20.1. The number of pyridine rings is 1. The smallest absolute Gasteiger partial charge is 0.356 e. The number of alkyl halides is 1. The van der Waals surface area contributed by atoms with Crippen molar-refractivity contribution in [2.45, 2.75) is 58.5 Å². The summed E-state index contributed by atoms with van der Waals surface area (Å²) in [6, 6.07) is -0.679. The van der Waals surface area contributed by atoms with E-state index in [0.717, 1.165) is 0 Å². The summed E-state index contributed by atoms with van der Waals surface area (Å²) in [6.45, 7) is 9.66. The Morgan fingerprint density at radius 3 is 2.52 bits per heavy atom. The molecule has 2 aliphatic rings. The number of nitrogens with one attached hydrogen (secondary N) is 1. The van der Waals surface area contributed by atoms with E-state index in [2.05, 4.69) is 10.3 Å². The van der Waals surface area contributed by atoms with Gasteiger partial charge in [-0.3, -0.25) is 0 Å². The molecule has 1 aromatic heterocycles. The first-order valence-electron chi connectivity index (χ1n) is 10.8. The molecule has 9 heteroatoms. The number of halogens is 1. The van der Waals surface area contributed by atoms with E-state index in [1.807, 2.05) is 0 Å². The van der Waals surface area contributed by atoms with Crippen LogP contribution in [-0.4, -0.2) is 62.1 Å². The number of allylic oxidation sites excluding steroid dienone is 2. The van der Waals surface area contributed by atoms with E-state index in [4.69, 9.17) is 18.9 Å². The molecule has 0 unspecified atom stereocenters. The summed E-state index contributed by atoms with van der Waals surface area (Å²) in [4.78, 5) is 29.7. The number of methoxy groups -OCH3 is 2. The molecule has 1 fully saturated rings. The van der Waals surface area contributed by atoms with Gasteiger partial charge in [0.1, 0.15) is 24.6 Å². The highest BCUT2D eigenvalue weighted by atomic mass is 19.1. The molecule has 1 saturated heterocycles. The minimum absolute atomic E-state index is 0.0452. The Morgan fingerprint density at radius 2 is 1.91 bits per heavy atom. The predicted octanol–water partition coefficient (Wildman–Crippen LogP) is 3.12. The number of carbonyl (C=O) groups is 2. The SMILES string of the molecule is COC(=O)c1nc(C)c([C@H](OC(C)(C)C)C(=O)OC)c(C2=CC=C3OCCN[C@H]3[C@H]2F)c1C. The van der Waals surface area contributed by atoms with Gasteiger partial charge in [-0.1, -0.05) is 6.08 Å². The number of ether oxygens (including phenoxy) is 4. The summed E-state index contributed by atoms with van der Waals surface area (Å²) in [5, 5.41) is 3.13. The molecule has 0 bridgehead atoms.